The third kappa shape index (κ3) is 5.16. The van der Waals surface area contributed by atoms with E-state index in [4.69, 9.17) is 0 Å². The number of hydrogen-bond donors (Lipinski definition) is 2. The molecule has 0 unspecified atom stereocenters. The Morgan fingerprint density at radius 1 is 0.960 bits per heavy atom. The van der Waals surface area contributed by atoms with Gasteiger partial charge in [-0.2, -0.15) is 0 Å². The summed E-state index contributed by atoms with van der Waals surface area (Å²) in [6, 6.07) is 18.2. The third-order valence-electron chi connectivity index (χ3n) is 4.05. The van der Waals surface area contributed by atoms with Crippen molar-refractivity contribution in [3.05, 3.63) is 71.8 Å². The summed E-state index contributed by atoms with van der Waals surface area (Å²) in [5.41, 5.74) is 1.58. The maximum atomic E-state index is 12.3. The van der Waals surface area contributed by atoms with Crippen molar-refractivity contribution in [2.24, 2.45) is 0 Å². The van der Waals surface area contributed by atoms with E-state index in [-0.39, 0.29) is 11.8 Å². The van der Waals surface area contributed by atoms with Gasteiger partial charge >= 0.3 is 0 Å². The lowest BCUT2D eigenvalue weighted by Crippen LogP contribution is -2.41. The molecule has 0 aromatic heterocycles. The standard InChI is InChI=1S/C20H24N2O3/c1-15(23)21-13-14-22(16(2)24)19(17-9-5-3-6-10-17)20(25)18-11-7-4-8-12-18/h3-12,19-20,25H,13-14H2,1-2H3,(H,21,23)/t19-,20-/m0/s1. The SMILES string of the molecule is CC(=O)NCCN(C(C)=O)[C@@H](c1ccccc1)[C@@H](O)c1ccccc1. The Balaban J connectivity index is 2.34. The highest BCUT2D eigenvalue weighted by Gasteiger charge is 2.30. The summed E-state index contributed by atoms with van der Waals surface area (Å²) in [5, 5.41) is 13.7. The Bertz CT molecular complexity index is 689. The van der Waals surface area contributed by atoms with Crippen LogP contribution >= 0.6 is 0 Å². The zero-order valence-corrected chi connectivity index (χ0v) is 14.6. The molecule has 132 valence electrons. The molecule has 0 heterocycles. The smallest absolute Gasteiger partial charge is 0.220 e. The second kappa shape index (κ2) is 8.99. The lowest BCUT2D eigenvalue weighted by molar-refractivity contribution is -0.134. The number of nitrogens with one attached hydrogen (secondary N) is 1. The molecular formula is C20H24N2O3. The average molecular weight is 340 g/mol. The van der Waals surface area contributed by atoms with Crippen LogP contribution in [0.2, 0.25) is 0 Å². The first-order valence-electron chi connectivity index (χ1n) is 8.30. The van der Waals surface area contributed by atoms with E-state index >= 15 is 0 Å². The van der Waals surface area contributed by atoms with Gasteiger partial charge in [0.1, 0.15) is 6.10 Å². The number of rotatable bonds is 7. The summed E-state index contributed by atoms with van der Waals surface area (Å²) in [4.78, 5) is 25.0. The van der Waals surface area contributed by atoms with Crippen molar-refractivity contribution < 1.29 is 14.7 Å². The predicted octanol–water partition coefficient (Wildman–Crippen LogP) is 2.45. The van der Waals surface area contributed by atoms with Crippen LogP contribution in [0.5, 0.6) is 0 Å². The summed E-state index contributed by atoms with van der Waals surface area (Å²) >= 11 is 0. The Kier molecular flexibility index (Phi) is 6.71. The fourth-order valence-electron chi connectivity index (χ4n) is 2.86. The highest BCUT2D eigenvalue weighted by Crippen LogP contribution is 2.34. The quantitative estimate of drug-likeness (QED) is 0.813. The fraction of sp³-hybridized carbons (Fsp3) is 0.300. The Hall–Kier alpha value is -2.66. The topological polar surface area (TPSA) is 69.6 Å². The van der Waals surface area contributed by atoms with Gasteiger partial charge in [-0.15, -0.1) is 0 Å². The molecule has 5 heteroatoms. The zero-order chi connectivity index (χ0) is 18.2. The van der Waals surface area contributed by atoms with Gasteiger partial charge in [-0.05, 0) is 11.1 Å². The van der Waals surface area contributed by atoms with Gasteiger partial charge in [-0.1, -0.05) is 60.7 Å². The van der Waals surface area contributed by atoms with Crippen LogP contribution in [0.25, 0.3) is 0 Å². The van der Waals surface area contributed by atoms with Crippen LogP contribution in [-0.4, -0.2) is 34.9 Å². The molecule has 0 fully saturated rings. The first kappa shape index (κ1) is 18.7. The Morgan fingerprint density at radius 2 is 1.48 bits per heavy atom. The van der Waals surface area contributed by atoms with Gasteiger partial charge in [-0.25, -0.2) is 0 Å². The molecular weight excluding hydrogens is 316 g/mol. The number of benzene rings is 2. The average Bonchev–Trinajstić information content (AvgIpc) is 2.61. The molecule has 2 N–H and O–H groups in total. The first-order chi connectivity index (χ1) is 12.0. The number of carbonyl (C=O) groups excluding carboxylic acids is 2. The molecule has 0 saturated carbocycles. The number of nitrogens with zero attached hydrogens (tertiary/aromatic N) is 1. The molecule has 0 radical (unpaired) electrons. The summed E-state index contributed by atoms with van der Waals surface area (Å²) in [6.45, 7) is 3.56. The molecule has 2 amide bonds. The minimum atomic E-state index is -0.871. The van der Waals surface area contributed by atoms with Crippen molar-refractivity contribution >= 4 is 11.8 Å². The van der Waals surface area contributed by atoms with E-state index in [9.17, 15) is 14.7 Å². The number of amides is 2. The van der Waals surface area contributed by atoms with Crippen LogP contribution in [0.15, 0.2) is 60.7 Å². The second-order valence-corrected chi connectivity index (χ2v) is 5.91. The summed E-state index contributed by atoms with van der Waals surface area (Å²) in [6.07, 6.45) is -0.871. The van der Waals surface area contributed by atoms with Crippen LogP contribution in [0.4, 0.5) is 0 Å². The zero-order valence-electron chi connectivity index (χ0n) is 14.6. The predicted molar refractivity (Wildman–Crippen MR) is 96.7 cm³/mol. The molecule has 0 aliphatic carbocycles. The van der Waals surface area contributed by atoms with Crippen molar-refractivity contribution in [2.45, 2.75) is 26.0 Å². The van der Waals surface area contributed by atoms with Gasteiger partial charge in [0.15, 0.2) is 0 Å². The maximum absolute atomic E-state index is 12.3. The molecule has 2 aromatic rings. The van der Waals surface area contributed by atoms with Crippen molar-refractivity contribution in [3.63, 3.8) is 0 Å². The van der Waals surface area contributed by atoms with Crippen molar-refractivity contribution in [1.82, 2.24) is 10.2 Å². The number of aliphatic hydroxyl groups is 1. The molecule has 2 rings (SSSR count). The lowest BCUT2D eigenvalue weighted by Gasteiger charge is -2.35. The summed E-state index contributed by atoms with van der Waals surface area (Å²) in [5.74, 6) is -0.308. The molecule has 2 aromatic carbocycles. The minimum absolute atomic E-state index is 0.150. The van der Waals surface area contributed by atoms with Crippen LogP contribution in [0, 0.1) is 0 Å². The highest BCUT2D eigenvalue weighted by atomic mass is 16.3. The molecule has 2 atom stereocenters. The van der Waals surface area contributed by atoms with E-state index in [0.717, 1.165) is 11.1 Å². The van der Waals surface area contributed by atoms with Crippen LogP contribution in [0.3, 0.4) is 0 Å². The molecule has 0 aliphatic heterocycles. The van der Waals surface area contributed by atoms with E-state index in [1.807, 2.05) is 60.7 Å². The van der Waals surface area contributed by atoms with Crippen molar-refractivity contribution in [1.29, 1.82) is 0 Å². The van der Waals surface area contributed by atoms with Gasteiger partial charge < -0.3 is 15.3 Å². The molecule has 25 heavy (non-hydrogen) atoms. The highest BCUT2D eigenvalue weighted by molar-refractivity contribution is 5.75. The second-order valence-electron chi connectivity index (χ2n) is 5.91. The van der Waals surface area contributed by atoms with Crippen LogP contribution in [0.1, 0.15) is 37.1 Å². The number of hydrogen-bond acceptors (Lipinski definition) is 3. The van der Waals surface area contributed by atoms with Gasteiger partial charge in [0.2, 0.25) is 11.8 Å². The Morgan fingerprint density at radius 3 is 1.96 bits per heavy atom. The van der Waals surface area contributed by atoms with E-state index in [0.29, 0.717) is 13.1 Å². The molecule has 0 spiro atoms. The third-order valence-corrected chi connectivity index (χ3v) is 4.05. The molecule has 5 nitrogen and oxygen atoms in total. The van der Waals surface area contributed by atoms with Gasteiger partial charge in [0, 0.05) is 26.9 Å². The normalized spacial score (nSPS) is 12.9. The molecule has 0 aliphatic rings. The molecule has 0 bridgehead atoms. The first-order valence-corrected chi connectivity index (χ1v) is 8.30. The van der Waals surface area contributed by atoms with E-state index < -0.39 is 12.1 Å². The molecule has 0 saturated heterocycles. The van der Waals surface area contributed by atoms with Crippen molar-refractivity contribution in [3.8, 4) is 0 Å². The van der Waals surface area contributed by atoms with Gasteiger partial charge in [0.05, 0.1) is 6.04 Å². The van der Waals surface area contributed by atoms with Crippen molar-refractivity contribution in [2.75, 3.05) is 13.1 Å². The summed E-state index contributed by atoms with van der Waals surface area (Å²) in [7, 11) is 0. The van der Waals surface area contributed by atoms with Crippen LogP contribution in [-0.2, 0) is 9.59 Å². The monoisotopic (exact) mass is 340 g/mol. The van der Waals surface area contributed by atoms with E-state index in [1.165, 1.54) is 13.8 Å². The van der Waals surface area contributed by atoms with E-state index in [2.05, 4.69) is 5.32 Å². The minimum Gasteiger partial charge on any atom is -0.386 e. The maximum Gasteiger partial charge on any atom is 0.220 e. The summed E-state index contributed by atoms with van der Waals surface area (Å²) < 4.78 is 0. The van der Waals surface area contributed by atoms with Gasteiger partial charge in [0.25, 0.3) is 0 Å². The lowest BCUT2D eigenvalue weighted by atomic mass is 9.94. The Labute approximate surface area is 148 Å². The van der Waals surface area contributed by atoms with Gasteiger partial charge in [-0.3, -0.25) is 9.59 Å². The number of aliphatic hydroxyl groups excluding tert-OH is 1. The largest absolute Gasteiger partial charge is 0.386 e. The van der Waals surface area contributed by atoms with Crippen LogP contribution < -0.4 is 5.32 Å². The fourth-order valence-corrected chi connectivity index (χ4v) is 2.86. The van der Waals surface area contributed by atoms with E-state index in [1.54, 1.807) is 4.90 Å². The number of carbonyl (C=O) groups is 2.